The minimum atomic E-state index is -0.336. The monoisotopic (exact) mass is 505 g/mol. The van der Waals surface area contributed by atoms with Gasteiger partial charge in [0, 0.05) is 30.4 Å². The van der Waals surface area contributed by atoms with Gasteiger partial charge < -0.3 is 20.5 Å². The van der Waals surface area contributed by atoms with Crippen LogP contribution in [0.5, 0.6) is 0 Å². The van der Waals surface area contributed by atoms with Gasteiger partial charge in [-0.15, -0.1) is 0 Å². The number of aromatic nitrogens is 2. The first-order valence-electron chi connectivity index (χ1n) is 12.7. The summed E-state index contributed by atoms with van der Waals surface area (Å²) in [5.41, 5.74) is 1.98. The maximum atomic E-state index is 13.7. The van der Waals surface area contributed by atoms with E-state index in [9.17, 15) is 9.18 Å². The molecule has 6 nitrogen and oxygen atoms in total. The molecule has 1 aliphatic rings. The van der Waals surface area contributed by atoms with Gasteiger partial charge in [-0.1, -0.05) is 45.7 Å². The molecule has 1 aromatic heterocycles. The Morgan fingerprint density at radius 3 is 2.69 bits per heavy atom. The third-order valence-electron chi connectivity index (χ3n) is 6.54. The zero-order valence-electron chi connectivity index (χ0n) is 22.0. The van der Waals surface area contributed by atoms with Gasteiger partial charge in [0.15, 0.2) is 5.82 Å². The van der Waals surface area contributed by atoms with Crippen molar-refractivity contribution < 1.29 is 9.18 Å². The first-order valence-corrected chi connectivity index (χ1v) is 13.0. The second kappa shape index (κ2) is 11.4. The zero-order valence-corrected chi connectivity index (χ0v) is 22.7. The first kappa shape index (κ1) is 27.6. The number of hydrogen-bond acceptors (Lipinski definition) is 4. The lowest BCUT2D eigenvalue weighted by Gasteiger charge is -2.30. The van der Waals surface area contributed by atoms with Gasteiger partial charge in [-0.2, -0.15) is 0 Å². The maximum absolute atomic E-state index is 13.7. The maximum Gasteiger partial charge on any atom is 0.242 e. The van der Waals surface area contributed by atoms with Gasteiger partial charge in [-0.05, 0) is 68.2 Å². The van der Waals surface area contributed by atoms with Crippen molar-refractivity contribution in [2.45, 2.75) is 91.3 Å². The highest BCUT2D eigenvalue weighted by Gasteiger charge is 2.27. The average molecular weight is 506 g/mol. The van der Waals surface area contributed by atoms with Crippen molar-refractivity contribution >= 4 is 23.3 Å². The molecule has 2 unspecified atom stereocenters. The summed E-state index contributed by atoms with van der Waals surface area (Å²) in [7, 11) is 0. The van der Waals surface area contributed by atoms with E-state index in [2.05, 4.69) is 62.5 Å². The Morgan fingerprint density at radius 2 is 2.00 bits per heavy atom. The van der Waals surface area contributed by atoms with E-state index in [1.165, 1.54) is 6.07 Å². The molecule has 2 atom stereocenters. The molecule has 0 fully saturated rings. The number of benzene rings is 1. The van der Waals surface area contributed by atoms with Gasteiger partial charge >= 0.3 is 0 Å². The number of imidazole rings is 1. The standard InChI is InChI=1S/C27H41ClFN5O/c1-7-8-23(32-20-10-9-18-11-19(29)12-22(28)21(18)13-20)25(35)33-24-14-34(17-31-24)27(5,6)16-30-15-26(2,3)4/h11-12,14,17,20,23,30,32H,7-10,13,15-16H2,1-6H3,(H,33,35). The summed E-state index contributed by atoms with van der Waals surface area (Å²) in [6.45, 7) is 14.7. The highest BCUT2D eigenvalue weighted by Crippen LogP contribution is 2.29. The van der Waals surface area contributed by atoms with E-state index in [-0.39, 0.29) is 34.8 Å². The highest BCUT2D eigenvalue weighted by atomic mass is 35.5. The fraction of sp³-hybridized carbons (Fsp3) is 0.630. The molecule has 2 aromatic rings. The van der Waals surface area contributed by atoms with Gasteiger partial charge in [-0.3, -0.25) is 4.79 Å². The van der Waals surface area contributed by atoms with Crippen LogP contribution in [-0.2, 0) is 23.2 Å². The van der Waals surface area contributed by atoms with Crippen LogP contribution in [0.15, 0.2) is 24.7 Å². The first-order chi connectivity index (χ1) is 16.4. The van der Waals surface area contributed by atoms with Gasteiger partial charge in [0.25, 0.3) is 0 Å². The quantitative estimate of drug-likeness (QED) is 0.409. The number of nitrogens with zero attached hydrogens (tertiary/aromatic N) is 2. The minimum absolute atomic E-state index is 0.0863. The van der Waals surface area contributed by atoms with Gasteiger partial charge in [-0.25, -0.2) is 9.37 Å². The SMILES string of the molecule is CCCC(NC1CCc2cc(F)cc(Cl)c2C1)C(=O)Nc1cn(C(C)(C)CNCC(C)(C)C)cn1. The number of fused-ring (bicyclic) bond motifs is 1. The van der Waals surface area contributed by atoms with Crippen molar-refractivity contribution in [1.29, 1.82) is 0 Å². The van der Waals surface area contributed by atoms with E-state index in [1.807, 2.05) is 10.8 Å². The normalized spacial score (nSPS) is 17.2. The molecule has 0 saturated heterocycles. The summed E-state index contributed by atoms with van der Waals surface area (Å²) >= 11 is 6.31. The lowest BCUT2D eigenvalue weighted by atomic mass is 9.87. The molecule has 1 heterocycles. The third-order valence-corrected chi connectivity index (χ3v) is 6.88. The summed E-state index contributed by atoms with van der Waals surface area (Å²) in [5, 5.41) is 10.5. The number of amides is 1. The lowest BCUT2D eigenvalue weighted by molar-refractivity contribution is -0.118. The molecule has 1 aromatic carbocycles. The number of carbonyl (C=O) groups is 1. The molecular formula is C27H41ClFN5O. The fourth-order valence-electron chi connectivity index (χ4n) is 4.56. The molecule has 35 heavy (non-hydrogen) atoms. The topological polar surface area (TPSA) is 71.0 Å². The fourth-order valence-corrected chi connectivity index (χ4v) is 4.86. The molecule has 194 valence electrons. The van der Waals surface area contributed by atoms with Crippen molar-refractivity contribution in [1.82, 2.24) is 20.2 Å². The zero-order chi connectivity index (χ0) is 25.8. The summed E-state index contributed by atoms with van der Waals surface area (Å²) in [4.78, 5) is 17.6. The number of hydrogen-bond donors (Lipinski definition) is 3. The Kier molecular flexibility index (Phi) is 9.00. The van der Waals surface area contributed by atoms with Crippen molar-refractivity contribution in [3.63, 3.8) is 0 Å². The number of halogens is 2. The van der Waals surface area contributed by atoms with E-state index >= 15 is 0 Å². The molecule has 1 amide bonds. The molecule has 1 aliphatic carbocycles. The summed E-state index contributed by atoms with van der Waals surface area (Å²) < 4.78 is 15.7. The second-order valence-electron chi connectivity index (χ2n) is 11.6. The molecule has 0 spiro atoms. The van der Waals surface area contributed by atoms with E-state index in [4.69, 9.17) is 11.6 Å². The summed E-state index contributed by atoms with van der Waals surface area (Å²) in [5.74, 6) is 0.169. The molecule has 0 radical (unpaired) electrons. The number of aryl methyl sites for hydroxylation is 1. The second-order valence-corrected chi connectivity index (χ2v) is 12.0. The largest absolute Gasteiger partial charge is 0.328 e. The van der Waals surface area contributed by atoms with Gasteiger partial charge in [0.2, 0.25) is 5.91 Å². The van der Waals surface area contributed by atoms with Crippen LogP contribution in [0.2, 0.25) is 5.02 Å². The predicted octanol–water partition coefficient (Wildman–Crippen LogP) is 5.30. The Balaban J connectivity index is 1.61. The Hall–Kier alpha value is -1.96. The van der Waals surface area contributed by atoms with E-state index in [1.54, 1.807) is 12.4 Å². The van der Waals surface area contributed by atoms with Crippen LogP contribution >= 0.6 is 11.6 Å². The summed E-state index contributed by atoms with van der Waals surface area (Å²) in [6.07, 6.45) is 7.53. The third kappa shape index (κ3) is 7.76. The number of nitrogens with one attached hydrogen (secondary N) is 3. The minimum Gasteiger partial charge on any atom is -0.328 e. The highest BCUT2D eigenvalue weighted by molar-refractivity contribution is 6.31. The Labute approximate surface area is 214 Å². The van der Waals surface area contributed by atoms with Crippen molar-refractivity contribution in [2.24, 2.45) is 5.41 Å². The van der Waals surface area contributed by atoms with Crippen LogP contribution in [0.25, 0.3) is 0 Å². The average Bonchev–Trinajstić information content (AvgIpc) is 3.22. The molecule has 8 heteroatoms. The number of carbonyl (C=O) groups excluding carboxylic acids is 1. The van der Waals surface area contributed by atoms with Crippen LogP contribution in [0.1, 0.15) is 71.9 Å². The van der Waals surface area contributed by atoms with E-state index in [0.29, 0.717) is 17.3 Å². The molecule has 0 aliphatic heterocycles. The van der Waals surface area contributed by atoms with Crippen LogP contribution < -0.4 is 16.0 Å². The molecule has 0 saturated carbocycles. The molecule has 3 N–H and O–H groups in total. The van der Waals surface area contributed by atoms with Crippen LogP contribution in [0.3, 0.4) is 0 Å². The smallest absolute Gasteiger partial charge is 0.242 e. The number of rotatable bonds is 10. The molecular weight excluding hydrogens is 465 g/mol. The van der Waals surface area contributed by atoms with Crippen LogP contribution in [-0.4, -0.2) is 40.6 Å². The number of anilines is 1. The van der Waals surface area contributed by atoms with Crippen molar-refractivity contribution in [3.8, 4) is 0 Å². The van der Waals surface area contributed by atoms with Crippen molar-refractivity contribution in [2.75, 3.05) is 18.4 Å². The predicted molar refractivity (Wildman–Crippen MR) is 142 cm³/mol. The van der Waals surface area contributed by atoms with Gasteiger partial charge in [0.05, 0.1) is 17.9 Å². The van der Waals surface area contributed by atoms with Crippen LogP contribution in [0, 0.1) is 11.2 Å². The van der Waals surface area contributed by atoms with E-state index < -0.39 is 0 Å². The molecule has 0 bridgehead atoms. The Bertz CT molecular complexity index is 1010. The summed E-state index contributed by atoms with van der Waals surface area (Å²) in [6, 6.07) is 2.72. The Morgan fingerprint density at radius 1 is 1.26 bits per heavy atom. The van der Waals surface area contributed by atoms with Crippen molar-refractivity contribution in [3.05, 3.63) is 46.6 Å². The van der Waals surface area contributed by atoms with E-state index in [0.717, 1.165) is 49.9 Å². The van der Waals surface area contributed by atoms with Gasteiger partial charge in [0.1, 0.15) is 5.82 Å². The molecule has 3 rings (SSSR count). The van der Waals surface area contributed by atoms with Crippen LogP contribution in [0.4, 0.5) is 10.2 Å². The lowest BCUT2D eigenvalue weighted by Crippen LogP contribution is -2.47.